The van der Waals surface area contributed by atoms with E-state index in [9.17, 15) is 30.7 Å². The molecule has 39 heavy (non-hydrogen) atoms. The molecule has 0 radical (unpaired) electrons. The van der Waals surface area contributed by atoms with Gasteiger partial charge in [-0.25, -0.2) is 31.9 Å². The zero-order valence-electron chi connectivity index (χ0n) is 20.3. The number of benzene rings is 3. The largest absolute Gasteiger partial charge is 0.429 e. The quantitative estimate of drug-likeness (QED) is 0.136. The van der Waals surface area contributed by atoms with Gasteiger partial charge in [-0.1, -0.05) is 19.3 Å². The van der Waals surface area contributed by atoms with Crippen molar-refractivity contribution in [3.05, 3.63) is 113 Å². The van der Waals surface area contributed by atoms with Crippen LogP contribution in [-0.4, -0.2) is 9.97 Å². The summed E-state index contributed by atoms with van der Waals surface area (Å²) in [6.07, 6.45) is 2.29. The zero-order valence-corrected chi connectivity index (χ0v) is 20.3. The van der Waals surface area contributed by atoms with Gasteiger partial charge >= 0.3 is 6.11 Å². The lowest BCUT2D eigenvalue weighted by Gasteiger charge is -2.19. The fraction of sp³-hybridized carbons (Fsp3) is 0.172. The molecule has 0 saturated carbocycles. The lowest BCUT2D eigenvalue weighted by molar-refractivity contribution is -0.185. The number of ether oxygens (including phenoxy) is 1. The van der Waals surface area contributed by atoms with Gasteiger partial charge in [-0.2, -0.15) is 8.78 Å². The average molecular weight is 544 g/mol. The Bertz CT molecular complexity index is 1500. The molecule has 0 fully saturated rings. The molecule has 4 aromatic rings. The molecule has 3 aromatic carbocycles. The topological polar surface area (TPSA) is 35.0 Å². The Morgan fingerprint density at radius 1 is 0.795 bits per heavy atom. The molecule has 0 spiro atoms. The highest BCUT2D eigenvalue weighted by Gasteiger charge is 2.35. The number of aryl methyl sites for hydroxylation is 1. The van der Waals surface area contributed by atoms with Gasteiger partial charge in [0.15, 0.2) is 17.5 Å². The standard InChI is InChI=1S/C29H19F7N2O/c1-2-3-4-18-15-37-26(38-16-18)10-7-17-5-8-20(9-6-17)29(35,36)39-21-13-22(30)27(23(31)14-21)19-11-24(32)28(34)25(33)12-19/h5-6,8-9,11-16H,2-4H2,1H3. The SMILES string of the molecule is CCCCc1cnc(C#Cc2ccc(C(F)(F)Oc3cc(F)c(-c4cc(F)c(F)c(F)c4)c(F)c3)cc2)nc1. The molecular weight excluding hydrogens is 525 g/mol. The summed E-state index contributed by atoms with van der Waals surface area (Å²) in [6, 6.07) is 6.29. The highest BCUT2D eigenvalue weighted by Crippen LogP contribution is 2.36. The zero-order chi connectivity index (χ0) is 28.2. The van der Waals surface area contributed by atoms with Crippen LogP contribution < -0.4 is 4.74 Å². The van der Waals surface area contributed by atoms with E-state index in [0.717, 1.165) is 37.0 Å². The molecule has 4 rings (SSSR count). The molecule has 0 saturated heterocycles. The van der Waals surface area contributed by atoms with Crippen LogP contribution in [0.4, 0.5) is 30.7 Å². The Balaban J connectivity index is 1.49. The molecule has 0 N–H and O–H groups in total. The summed E-state index contributed by atoms with van der Waals surface area (Å²) in [7, 11) is 0. The molecule has 0 atom stereocenters. The second-order valence-electron chi connectivity index (χ2n) is 8.48. The Morgan fingerprint density at radius 3 is 1.95 bits per heavy atom. The van der Waals surface area contributed by atoms with Crippen molar-refractivity contribution in [2.45, 2.75) is 32.3 Å². The molecule has 0 unspecified atom stereocenters. The number of rotatable bonds is 7. The minimum absolute atomic E-state index is 0.270. The molecule has 0 aliphatic rings. The van der Waals surface area contributed by atoms with Crippen LogP contribution in [0.15, 0.2) is 60.9 Å². The van der Waals surface area contributed by atoms with Crippen LogP contribution in [0.3, 0.4) is 0 Å². The molecule has 1 heterocycles. The van der Waals surface area contributed by atoms with E-state index in [0.29, 0.717) is 29.8 Å². The van der Waals surface area contributed by atoms with Crippen molar-refractivity contribution >= 4 is 0 Å². The smallest absolute Gasteiger partial charge is 0.426 e. The first-order valence-electron chi connectivity index (χ1n) is 11.7. The van der Waals surface area contributed by atoms with Crippen molar-refractivity contribution in [3.63, 3.8) is 0 Å². The van der Waals surface area contributed by atoms with E-state index in [4.69, 9.17) is 0 Å². The van der Waals surface area contributed by atoms with Crippen molar-refractivity contribution in [2.24, 2.45) is 0 Å². The maximum absolute atomic E-state index is 14.7. The molecule has 0 aliphatic carbocycles. The highest BCUT2D eigenvalue weighted by molar-refractivity contribution is 5.66. The predicted octanol–water partition coefficient (Wildman–Crippen LogP) is 7.71. The van der Waals surface area contributed by atoms with E-state index >= 15 is 0 Å². The van der Waals surface area contributed by atoms with Gasteiger partial charge in [-0.05, 0) is 66.3 Å². The van der Waals surface area contributed by atoms with E-state index in [-0.39, 0.29) is 5.82 Å². The lowest BCUT2D eigenvalue weighted by Crippen LogP contribution is -2.22. The van der Waals surface area contributed by atoms with E-state index in [1.807, 2.05) is 0 Å². The number of aromatic nitrogens is 2. The number of hydrogen-bond acceptors (Lipinski definition) is 3. The van der Waals surface area contributed by atoms with Crippen molar-refractivity contribution < 1.29 is 35.5 Å². The summed E-state index contributed by atoms with van der Waals surface area (Å²) in [6.45, 7) is 2.08. The second-order valence-corrected chi connectivity index (χ2v) is 8.48. The van der Waals surface area contributed by atoms with Crippen LogP contribution in [0.2, 0.25) is 0 Å². The molecule has 0 amide bonds. The predicted molar refractivity (Wildman–Crippen MR) is 129 cm³/mol. The summed E-state index contributed by atoms with van der Waals surface area (Å²) in [4.78, 5) is 8.33. The maximum atomic E-state index is 14.7. The minimum atomic E-state index is -4.00. The molecular formula is C29H19F7N2O. The van der Waals surface area contributed by atoms with E-state index in [1.165, 1.54) is 12.1 Å². The summed E-state index contributed by atoms with van der Waals surface area (Å²) >= 11 is 0. The molecule has 3 nitrogen and oxygen atoms in total. The third kappa shape index (κ3) is 6.55. The van der Waals surface area contributed by atoms with E-state index < -0.39 is 57.6 Å². The monoisotopic (exact) mass is 544 g/mol. The molecule has 0 aliphatic heterocycles. The Kier molecular flexibility index (Phi) is 8.19. The first-order chi connectivity index (χ1) is 18.6. The normalized spacial score (nSPS) is 11.2. The van der Waals surface area contributed by atoms with E-state index in [1.54, 1.807) is 12.4 Å². The molecule has 10 heteroatoms. The van der Waals surface area contributed by atoms with Gasteiger partial charge in [0.05, 0.1) is 11.1 Å². The van der Waals surface area contributed by atoms with Gasteiger partial charge in [-0.3, -0.25) is 0 Å². The summed E-state index contributed by atoms with van der Waals surface area (Å²) in [5.74, 6) is -3.16. The average Bonchev–Trinajstić information content (AvgIpc) is 2.89. The lowest BCUT2D eigenvalue weighted by atomic mass is 10.0. The Hall–Kier alpha value is -4.39. The number of alkyl halides is 2. The summed E-state index contributed by atoms with van der Waals surface area (Å²) in [5.41, 5.74) is -0.854. The van der Waals surface area contributed by atoms with Crippen molar-refractivity contribution in [1.29, 1.82) is 0 Å². The summed E-state index contributed by atoms with van der Waals surface area (Å²) in [5, 5.41) is 0. The van der Waals surface area contributed by atoms with Crippen LogP contribution in [-0.2, 0) is 12.5 Å². The first kappa shape index (κ1) is 27.6. The van der Waals surface area contributed by atoms with Gasteiger partial charge < -0.3 is 4.74 Å². The van der Waals surface area contributed by atoms with Gasteiger partial charge in [0.1, 0.15) is 17.4 Å². The molecule has 1 aromatic heterocycles. The third-order valence-corrected chi connectivity index (χ3v) is 5.60. The third-order valence-electron chi connectivity index (χ3n) is 5.60. The fourth-order valence-corrected chi connectivity index (χ4v) is 3.60. The minimum Gasteiger partial charge on any atom is -0.429 e. The van der Waals surface area contributed by atoms with Crippen LogP contribution >= 0.6 is 0 Å². The van der Waals surface area contributed by atoms with Crippen molar-refractivity contribution in [2.75, 3.05) is 0 Å². The van der Waals surface area contributed by atoms with Crippen LogP contribution in [0, 0.1) is 40.9 Å². The van der Waals surface area contributed by atoms with Gasteiger partial charge in [0, 0.05) is 30.1 Å². The molecule has 0 bridgehead atoms. The van der Waals surface area contributed by atoms with Crippen LogP contribution in [0.25, 0.3) is 11.1 Å². The van der Waals surface area contributed by atoms with Gasteiger partial charge in [0.2, 0.25) is 5.82 Å². The van der Waals surface area contributed by atoms with Crippen molar-refractivity contribution in [3.8, 4) is 28.7 Å². The Labute approximate surface area is 219 Å². The van der Waals surface area contributed by atoms with Gasteiger partial charge in [-0.15, -0.1) is 0 Å². The van der Waals surface area contributed by atoms with Crippen LogP contribution in [0.5, 0.6) is 5.75 Å². The number of hydrogen-bond donors (Lipinski definition) is 0. The van der Waals surface area contributed by atoms with Crippen LogP contribution in [0.1, 0.15) is 42.3 Å². The first-order valence-corrected chi connectivity index (χ1v) is 11.7. The van der Waals surface area contributed by atoms with E-state index in [2.05, 4.69) is 33.5 Å². The van der Waals surface area contributed by atoms with Crippen molar-refractivity contribution in [1.82, 2.24) is 9.97 Å². The number of halogens is 7. The molecule has 200 valence electrons. The number of nitrogens with zero attached hydrogens (tertiary/aromatic N) is 2. The highest BCUT2D eigenvalue weighted by atomic mass is 19.3. The second kappa shape index (κ2) is 11.6. The summed E-state index contributed by atoms with van der Waals surface area (Å²) < 4.78 is 103. The number of unbranched alkanes of at least 4 members (excludes halogenated alkanes) is 1. The maximum Gasteiger partial charge on any atom is 0.426 e. The Morgan fingerprint density at radius 2 is 1.38 bits per heavy atom. The van der Waals surface area contributed by atoms with Gasteiger partial charge in [0.25, 0.3) is 0 Å². The fourth-order valence-electron chi connectivity index (χ4n) is 3.60.